The van der Waals surface area contributed by atoms with Crippen molar-refractivity contribution in [2.24, 2.45) is 0 Å². The second-order valence-electron chi connectivity index (χ2n) is 3.62. The van der Waals surface area contributed by atoms with E-state index in [1.807, 2.05) is 6.92 Å². The van der Waals surface area contributed by atoms with Gasteiger partial charge in [-0.2, -0.15) is 0 Å². The van der Waals surface area contributed by atoms with Crippen molar-refractivity contribution in [3.63, 3.8) is 0 Å². The van der Waals surface area contributed by atoms with Crippen molar-refractivity contribution < 1.29 is 9.84 Å². The van der Waals surface area contributed by atoms with E-state index in [0.717, 1.165) is 18.4 Å². The predicted molar refractivity (Wildman–Crippen MR) is 64.8 cm³/mol. The van der Waals surface area contributed by atoms with Crippen LogP contribution in [0.1, 0.15) is 26.7 Å². The smallest absolute Gasteiger partial charge is 0.0654 e. The monoisotopic (exact) mass is 210 g/mol. The molecule has 0 bridgehead atoms. The average Bonchev–Trinajstić information content (AvgIpc) is 2.24. The number of rotatable bonds is 8. The zero-order valence-electron chi connectivity index (χ0n) is 9.83. The molecule has 0 aliphatic heterocycles. The van der Waals surface area contributed by atoms with Crippen LogP contribution in [0, 0.1) is 0 Å². The van der Waals surface area contributed by atoms with Crippen LogP contribution in [-0.4, -0.2) is 24.9 Å². The van der Waals surface area contributed by atoms with Gasteiger partial charge in [-0.25, -0.2) is 0 Å². The lowest BCUT2D eigenvalue weighted by molar-refractivity contribution is 0.193. The van der Waals surface area contributed by atoms with E-state index in [4.69, 9.17) is 9.84 Å². The molecule has 1 N–H and O–H groups in total. The van der Waals surface area contributed by atoms with Crippen LogP contribution in [0.2, 0.25) is 0 Å². The van der Waals surface area contributed by atoms with Gasteiger partial charge in [0.15, 0.2) is 0 Å². The van der Waals surface area contributed by atoms with Crippen LogP contribution in [0.3, 0.4) is 0 Å². The molecule has 0 amide bonds. The SMILES string of the molecule is C=CCOC/C=C(\C)CC/C=C(\C)CO. The maximum atomic E-state index is 8.79. The van der Waals surface area contributed by atoms with Crippen LogP contribution in [0.25, 0.3) is 0 Å². The molecule has 0 heterocycles. The summed E-state index contributed by atoms with van der Waals surface area (Å²) in [6.45, 7) is 9.03. The lowest BCUT2D eigenvalue weighted by Crippen LogP contribution is -1.91. The van der Waals surface area contributed by atoms with Crippen LogP contribution in [0.15, 0.2) is 36.0 Å². The molecular formula is C13H22O2. The molecule has 0 fully saturated rings. The van der Waals surface area contributed by atoms with E-state index in [9.17, 15) is 0 Å². The molecule has 0 rings (SSSR count). The first-order valence-electron chi connectivity index (χ1n) is 5.31. The van der Waals surface area contributed by atoms with E-state index in [2.05, 4.69) is 25.7 Å². The highest BCUT2D eigenvalue weighted by atomic mass is 16.5. The van der Waals surface area contributed by atoms with Crippen molar-refractivity contribution in [1.29, 1.82) is 0 Å². The van der Waals surface area contributed by atoms with E-state index in [-0.39, 0.29) is 6.61 Å². The van der Waals surface area contributed by atoms with Crippen LogP contribution in [0.4, 0.5) is 0 Å². The third kappa shape index (κ3) is 9.44. The Bertz CT molecular complexity index is 227. The molecule has 0 atom stereocenters. The quantitative estimate of drug-likeness (QED) is 0.493. The summed E-state index contributed by atoms with van der Waals surface area (Å²) >= 11 is 0. The first kappa shape index (κ1) is 14.1. The van der Waals surface area contributed by atoms with Gasteiger partial charge in [0, 0.05) is 0 Å². The Labute approximate surface area is 93.0 Å². The minimum Gasteiger partial charge on any atom is -0.392 e. The number of hydrogen-bond acceptors (Lipinski definition) is 2. The normalized spacial score (nSPS) is 13.0. The number of aliphatic hydroxyl groups is 1. The zero-order chi connectivity index (χ0) is 11.5. The van der Waals surface area contributed by atoms with E-state index in [0.29, 0.717) is 13.2 Å². The van der Waals surface area contributed by atoms with Gasteiger partial charge >= 0.3 is 0 Å². The van der Waals surface area contributed by atoms with Gasteiger partial charge in [-0.15, -0.1) is 6.58 Å². The molecular weight excluding hydrogens is 188 g/mol. The van der Waals surface area contributed by atoms with Gasteiger partial charge in [-0.3, -0.25) is 0 Å². The summed E-state index contributed by atoms with van der Waals surface area (Å²) in [5, 5.41) is 8.79. The summed E-state index contributed by atoms with van der Waals surface area (Å²) in [5.74, 6) is 0. The predicted octanol–water partition coefficient (Wildman–Crippen LogP) is 2.85. The van der Waals surface area contributed by atoms with Crippen molar-refractivity contribution in [3.05, 3.63) is 36.0 Å². The van der Waals surface area contributed by atoms with Gasteiger partial charge < -0.3 is 9.84 Å². The van der Waals surface area contributed by atoms with Crippen LogP contribution in [0.5, 0.6) is 0 Å². The molecule has 2 nitrogen and oxygen atoms in total. The lowest BCUT2D eigenvalue weighted by atomic mass is 10.1. The Morgan fingerprint density at radius 2 is 1.93 bits per heavy atom. The molecule has 86 valence electrons. The molecule has 0 saturated carbocycles. The standard InChI is InChI=1S/C13H22O2/c1-4-9-15-10-8-12(2)6-5-7-13(3)11-14/h4,7-8,14H,1,5-6,9-11H2,2-3H3/b12-8+,13-7+. The fraction of sp³-hybridized carbons (Fsp3) is 0.538. The van der Waals surface area contributed by atoms with E-state index < -0.39 is 0 Å². The van der Waals surface area contributed by atoms with Gasteiger partial charge in [0.1, 0.15) is 0 Å². The molecule has 0 aromatic carbocycles. The highest BCUT2D eigenvalue weighted by Gasteiger charge is 1.90. The summed E-state index contributed by atoms with van der Waals surface area (Å²) < 4.78 is 5.25. The highest BCUT2D eigenvalue weighted by molar-refractivity contribution is 5.03. The topological polar surface area (TPSA) is 29.5 Å². The first-order valence-corrected chi connectivity index (χ1v) is 5.31. The minimum absolute atomic E-state index is 0.158. The van der Waals surface area contributed by atoms with Crippen molar-refractivity contribution in [2.45, 2.75) is 26.7 Å². The van der Waals surface area contributed by atoms with Crippen molar-refractivity contribution in [2.75, 3.05) is 19.8 Å². The molecule has 15 heavy (non-hydrogen) atoms. The summed E-state index contributed by atoms with van der Waals surface area (Å²) in [4.78, 5) is 0. The molecule has 0 radical (unpaired) electrons. The largest absolute Gasteiger partial charge is 0.392 e. The van der Waals surface area contributed by atoms with Crippen LogP contribution >= 0.6 is 0 Å². The van der Waals surface area contributed by atoms with E-state index in [1.54, 1.807) is 6.08 Å². The Morgan fingerprint density at radius 1 is 1.20 bits per heavy atom. The number of allylic oxidation sites excluding steroid dienone is 2. The van der Waals surface area contributed by atoms with Crippen molar-refractivity contribution in [3.8, 4) is 0 Å². The third-order valence-electron chi connectivity index (χ3n) is 2.07. The second kappa shape index (κ2) is 9.69. The number of ether oxygens (including phenoxy) is 1. The Morgan fingerprint density at radius 3 is 2.53 bits per heavy atom. The summed E-state index contributed by atoms with van der Waals surface area (Å²) in [6, 6.07) is 0. The van der Waals surface area contributed by atoms with Gasteiger partial charge in [0.25, 0.3) is 0 Å². The Balaban J connectivity index is 3.63. The molecule has 0 aromatic rings. The molecule has 0 unspecified atom stereocenters. The molecule has 0 aromatic heterocycles. The second-order valence-corrected chi connectivity index (χ2v) is 3.62. The van der Waals surface area contributed by atoms with Crippen molar-refractivity contribution in [1.82, 2.24) is 0 Å². The Kier molecular flexibility index (Phi) is 9.13. The van der Waals surface area contributed by atoms with E-state index in [1.165, 1.54) is 5.57 Å². The number of hydrogen-bond donors (Lipinski definition) is 1. The molecule has 0 spiro atoms. The summed E-state index contributed by atoms with van der Waals surface area (Å²) in [7, 11) is 0. The average molecular weight is 210 g/mol. The summed E-state index contributed by atoms with van der Waals surface area (Å²) in [6.07, 6.45) is 7.91. The molecule has 2 heteroatoms. The maximum absolute atomic E-state index is 8.79. The first-order chi connectivity index (χ1) is 7.20. The van der Waals surface area contributed by atoms with Gasteiger partial charge in [0.05, 0.1) is 19.8 Å². The molecule has 0 aliphatic carbocycles. The van der Waals surface area contributed by atoms with Crippen LogP contribution < -0.4 is 0 Å². The van der Waals surface area contributed by atoms with Gasteiger partial charge in [-0.1, -0.05) is 29.4 Å². The van der Waals surface area contributed by atoms with Crippen LogP contribution in [-0.2, 0) is 4.74 Å². The van der Waals surface area contributed by atoms with Crippen molar-refractivity contribution >= 4 is 0 Å². The third-order valence-corrected chi connectivity index (χ3v) is 2.07. The fourth-order valence-corrected chi connectivity index (χ4v) is 1.07. The zero-order valence-corrected chi connectivity index (χ0v) is 9.83. The van der Waals surface area contributed by atoms with E-state index >= 15 is 0 Å². The maximum Gasteiger partial charge on any atom is 0.0654 e. The number of aliphatic hydroxyl groups excluding tert-OH is 1. The minimum atomic E-state index is 0.158. The fourth-order valence-electron chi connectivity index (χ4n) is 1.07. The highest BCUT2D eigenvalue weighted by Crippen LogP contribution is 2.06. The van der Waals surface area contributed by atoms with Gasteiger partial charge in [0.2, 0.25) is 0 Å². The molecule has 0 aliphatic rings. The van der Waals surface area contributed by atoms with Gasteiger partial charge in [-0.05, 0) is 26.7 Å². The molecule has 0 saturated heterocycles. The Hall–Kier alpha value is -0.860. The lowest BCUT2D eigenvalue weighted by Gasteiger charge is -2.00. The summed E-state index contributed by atoms with van der Waals surface area (Å²) in [5.41, 5.74) is 2.35.